The fraction of sp³-hybridized carbons (Fsp3) is 0.100. The summed E-state index contributed by atoms with van der Waals surface area (Å²) in [6.07, 6.45) is 4.50. The number of nitrogens with one attached hydrogen (secondary N) is 1. The lowest BCUT2D eigenvalue weighted by Crippen LogP contribution is -2.26. The number of nitrogens with zero attached hydrogens (tertiary/aromatic N) is 3. The van der Waals surface area contributed by atoms with E-state index in [1.54, 1.807) is 4.90 Å². The average Bonchev–Trinajstić information content (AvgIpc) is 3.33. The van der Waals surface area contributed by atoms with Gasteiger partial charge in [0.15, 0.2) is 0 Å². The lowest BCUT2D eigenvalue weighted by molar-refractivity contribution is -0.124. The predicted octanol–water partition coefficient (Wildman–Crippen LogP) is 5.95. The summed E-state index contributed by atoms with van der Waals surface area (Å²) in [5.41, 5.74) is 4.28. The van der Waals surface area contributed by atoms with E-state index in [0.29, 0.717) is 17.1 Å². The molecular formula is C30H24N4O2. The molecule has 4 aromatic carbocycles. The van der Waals surface area contributed by atoms with Gasteiger partial charge in [-0.25, -0.2) is 4.98 Å². The van der Waals surface area contributed by atoms with Crippen LogP contribution < -0.4 is 10.2 Å². The van der Waals surface area contributed by atoms with Crippen LogP contribution in [0.15, 0.2) is 103 Å². The van der Waals surface area contributed by atoms with Gasteiger partial charge >= 0.3 is 0 Å². The van der Waals surface area contributed by atoms with E-state index in [1.165, 1.54) is 5.56 Å². The quantitative estimate of drug-likeness (QED) is 0.321. The Bertz CT molecular complexity index is 1570. The summed E-state index contributed by atoms with van der Waals surface area (Å²) in [5.74, 6) is 0.304. The van der Waals surface area contributed by atoms with Crippen molar-refractivity contribution in [1.82, 2.24) is 9.55 Å². The Morgan fingerprint density at radius 2 is 1.61 bits per heavy atom. The zero-order valence-corrected chi connectivity index (χ0v) is 19.6. The average molecular weight is 473 g/mol. The second-order valence-corrected chi connectivity index (χ2v) is 8.86. The van der Waals surface area contributed by atoms with Crippen molar-refractivity contribution in [3.8, 4) is 11.4 Å². The fourth-order valence-electron chi connectivity index (χ4n) is 4.81. The number of carbonyl (C=O) groups excluding carboxylic acids is 2. The summed E-state index contributed by atoms with van der Waals surface area (Å²) < 4.78 is 2.14. The molecule has 2 amide bonds. The number of benzene rings is 4. The maximum atomic E-state index is 13.3. The van der Waals surface area contributed by atoms with Crippen molar-refractivity contribution in [2.75, 3.05) is 10.2 Å². The lowest BCUT2D eigenvalue weighted by atomic mass is 10.1. The van der Waals surface area contributed by atoms with Crippen LogP contribution in [-0.4, -0.2) is 21.4 Å². The second-order valence-electron chi connectivity index (χ2n) is 8.86. The molecule has 5 aromatic rings. The molecule has 0 saturated carbocycles. The maximum absolute atomic E-state index is 13.3. The highest BCUT2D eigenvalue weighted by Crippen LogP contribution is 2.41. The lowest BCUT2D eigenvalue weighted by Gasteiger charge is -2.24. The molecule has 0 spiro atoms. The van der Waals surface area contributed by atoms with Gasteiger partial charge in [-0.2, -0.15) is 0 Å². The van der Waals surface area contributed by atoms with Gasteiger partial charge in [-0.05, 0) is 47.7 Å². The fourth-order valence-corrected chi connectivity index (χ4v) is 4.81. The molecule has 0 saturated heterocycles. The van der Waals surface area contributed by atoms with Crippen molar-refractivity contribution < 1.29 is 9.59 Å². The molecule has 1 aromatic heterocycles. The number of aromatic nitrogens is 2. The topological polar surface area (TPSA) is 67.2 Å². The van der Waals surface area contributed by atoms with Crippen LogP contribution in [0.4, 0.5) is 17.1 Å². The van der Waals surface area contributed by atoms with E-state index < -0.39 is 0 Å². The number of imidazole rings is 1. The second kappa shape index (κ2) is 9.15. The number of fused-ring (bicyclic) bond motifs is 3. The summed E-state index contributed by atoms with van der Waals surface area (Å²) in [6.45, 7) is 0.818. The Labute approximate surface area is 208 Å². The normalized spacial score (nSPS) is 13.4. The van der Waals surface area contributed by atoms with E-state index in [1.807, 2.05) is 79.1 Å². The molecule has 6 rings (SSSR count). The molecule has 0 radical (unpaired) electrons. The van der Waals surface area contributed by atoms with Gasteiger partial charge in [-0.15, -0.1) is 0 Å². The van der Waals surface area contributed by atoms with Crippen LogP contribution in [0.2, 0.25) is 0 Å². The van der Waals surface area contributed by atoms with Crippen molar-refractivity contribution in [1.29, 1.82) is 0 Å². The number of anilines is 3. The maximum Gasteiger partial charge on any atom is 0.241 e. The highest BCUT2D eigenvalue weighted by molar-refractivity contribution is 6.21. The highest BCUT2D eigenvalue weighted by atomic mass is 16.2. The van der Waals surface area contributed by atoms with Crippen molar-refractivity contribution >= 4 is 39.6 Å². The van der Waals surface area contributed by atoms with Crippen molar-refractivity contribution in [3.63, 3.8) is 0 Å². The van der Waals surface area contributed by atoms with E-state index in [-0.39, 0.29) is 18.2 Å². The molecule has 0 bridgehead atoms. The molecule has 0 atom stereocenters. The molecule has 1 aliphatic heterocycles. The van der Waals surface area contributed by atoms with Gasteiger partial charge in [0.25, 0.3) is 0 Å². The third-order valence-electron chi connectivity index (χ3n) is 6.54. The summed E-state index contributed by atoms with van der Waals surface area (Å²) >= 11 is 0. The number of rotatable bonds is 5. The Balaban J connectivity index is 1.35. The van der Waals surface area contributed by atoms with Gasteiger partial charge in [0, 0.05) is 35.6 Å². The minimum Gasteiger partial charge on any atom is -0.331 e. The zero-order chi connectivity index (χ0) is 24.5. The van der Waals surface area contributed by atoms with Gasteiger partial charge in [-0.3, -0.25) is 14.5 Å². The summed E-state index contributed by atoms with van der Waals surface area (Å²) in [5, 5.41) is 4.81. The minimum atomic E-state index is -0.309. The molecule has 176 valence electrons. The third-order valence-corrected chi connectivity index (χ3v) is 6.54. The Hall–Kier alpha value is -4.71. The van der Waals surface area contributed by atoms with Crippen LogP contribution in [-0.2, 0) is 22.6 Å². The number of hydrogen-bond acceptors (Lipinski definition) is 3. The van der Waals surface area contributed by atoms with Crippen molar-refractivity contribution in [3.05, 3.63) is 109 Å². The zero-order valence-electron chi connectivity index (χ0n) is 19.6. The Kier molecular flexibility index (Phi) is 5.54. The summed E-state index contributed by atoms with van der Waals surface area (Å²) in [7, 11) is 0. The molecule has 2 heterocycles. The molecule has 0 unspecified atom stereocenters. The van der Waals surface area contributed by atoms with Gasteiger partial charge in [0.2, 0.25) is 11.8 Å². The first-order chi connectivity index (χ1) is 17.7. The largest absolute Gasteiger partial charge is 0.331 e. The minimum absolute atomic E-state index is 0.214. The standard InChI is InChI=1S/C30H24N4O2/c35-27-20-28(36)34(29-25-9-5-4-8-22(25)12-15-26(29)32-27)24-13-10-23(11-14-24)30-31-17-19-33(30)18-16-21-6-2-1-3-7-21/h1-15,17,19H,16,18,20H2,(H,32,35). The highest BCUT2D eigenvalue weighted by Gasteiger charge is 2.29. The van der Waals surface area contributed by atoms with E-state index in [2.05, 4.69) is 39.1 Å². The summed E-state index contributed by atoms with van der Waals surface area (Å²) in [4.78, 5) is 31.9. The molecule has 1 N–H and O–H groups in total. The van der Waals surface area contributed by atoms with Gasteiger partial charge in [-0.1, -0.05) is 60.7 Å². The first-order valence-corrected chi connectivity index (χ1v) is 12.0. The van der Waals surface area contributed by atoms with Crippen LogP contribution >= 0.6 is 0 Å². The van der Waals surface area contributed by atoms with Crippen molar-refractivity contribution in [2.24, 2.45) is 0 Å². The van der Waals surface area contributed by atoms with E-state index in [9.17, 15) is 9.59 Å². The number of hydrogen-bond donors (Lipinski definition) is 1. The molecular weight excluding hydrogens is 448 g/mol. The van der Waals surface area contributed by atoms with Crippen LogP contribution in [0.1, 0.15) is 12.0 Å². The van der Waals surface area contributed by atoms with Crippen LogP contribution in [0.25, 0.3) is 22.2 Å². The number of carbonyl (C=O) groups is 2. The first kappa shape index (κ1) is 21.8. The van der Waals surface area contributed by atoms with Gasteiger partial charge < -0.3 is 9.88 Å². The van der Waals surface area contributed by atoms with E-state index in [4.69, 9.17) is 0 Å². The monoisotopic (exact) mass is 472 g/mol. The van der Waals surface area contributed by atoms with Crippen LogP contribution in [0.5, 0.6) is 0 Å². The molecule has 36 heavy (non-hydrogen) atoms. The SMILES string of the molecule is O=C1CC(=O)N(c2ccc(-c3nccn3CCc3ccccc3)cc2)c2c(ccc3ccccc23)N1. The van der Waals surface area contributed by atoms with E-state index >= 15 is 0 Å². The van der Waals surface area contributed by atoms with E-state index in [0.717, 1.165) is 35.1 Å². The molecule has 6 nitrogen and oxygen atoms in total. The molecule has 6 heteroatoms. The number of amides is 2. The van der Waals surface area contributed by atoms with Crippen LogP contribution in [0.3, 0.4) is 0 Å². The Morgan fingerprint density at radius 1 is 0.833 bits per heavy atom. The van der Waals surface area contributed by atoms with Gasteiger partial charge in [0.1, 0.15) is 12.2 Å². The Morgan fingerprint density at radius 3 is 2.44 bits per heavy atom. The molecule has 0 aliphatic carbocycles. The van der Waals surface area contributed by atoms with Gasteiger partial charge in [0.05, 0.1) is 11.4 Å². The first-order valence-electron chi connectivity index (χ1n) is 12.0. The third kappa shape index (κ3) is 4.03. The smallest absolute Gasteiger partial charge is 0.241 e. The predicted molar refractivity (Wildman–Crippen MR) is 142 cm³/mol. The molecule has 1 aliphatic rings. The van der Waals surface area contributed by atoms with Crippen molar-refractivity contribution in [2.45, 2.75) is 19.4 Å². The van der Waals surface area contributed by atoms with Crippen LogP contribution in [0, 0.1) is 0 Å². The molecule has 0 fully saturated rings. The number of aryl methyl sites for hydroxylation is 2. The summed E-state index contributed by atoms with van der Waals surface area (Å²) in [6, 6.07) is 29.9.